The highest BCUT2D eigenvalue weighted by atomic mass is 16.6. The van der Waals surface area contributed by atoms with Crippen LogP contribution in [0.15, 0.2) is 53.6 Å². The molecule has 0 spiro atoms. The summed E-state index contributed by atoms with van der Waals surface area (Å²) in [6, 6.07) is 11.8. The fourth-order valence-corrected chi connectivity index (χ4v) is 3.01. The van der Waals surface area contributed by atoms with Crippen LogP contribution in [0.2, 0.25) is 0 Å². The van der Waals surface area contributed by atoms with E-state index in [9.17, 15) is 14.4 Å². The molecule has 2 heterocycles. The lowest BCUT2D eigenvalue weighted by Crippen LogP contribution is -2.33. The van der Waals surface area contributed by atoms with Gasteiger partial charge < -0.3 is 19.5 Å². The molecule has 0 radical (unpaired) electrons. The van der Waals surface area contributed by atoms with Gasteiger partial charge in [-0.2, -0.15) is 0 Å². The third kappa shape index (κ3) is 4.09. The molecule has 0 bridgehead atoms. The first kappa shape index (κ1) is 19.4. The average molecular weight is 409 g/mol. The number of rotatable bonds is 5. The lowest BCUT2D eigenvalue weighted by Gasteiger charge is -2.19. The molecule has 2 aromatic carbocycles. The van der Waals surface area contributed by atoms with Gasteiger partial charge in [-0.15, -0.1) is 0 Å². The molecular weight excluding hydrogens is 390 g/mol. The van der Waals surface area contributed by atoms with Crippen LogP contribution in [0, 0.1) is 0 Å². The zero-order valence-electron chi connectivity index (χ0n) is 16.2. The quantitative estimate of drug-likeness (QED) is 0.639. The van der Waals surface area contributed by atoms with Crippen molar-refractivity contribution >= 4 is 28.5 Å². The van der Waals surface area contributed by atoms with Crippen molar-refractivity contribution in [2.75, 3.05) is 18.5 Å². The molecular formula is C21H19N3O6. The summed E-state index contributed by atoms with van der Waals surface area (Å²) in [6.45, 7) is 2.01. The number of amides is 1. The summed E-state index contributed by atoms with van der Waals surface area (Å²) < 4.78 is 17.2. The molecule has 1 amide bonds. The van der Waals surface area contributed by atoms with E-state index in [1.54, 1.807) is 42.5 Å². The van der Waals surface area contributed by atoms with Gasteiger partial charge in [0.25, 0.3) is 11.5 Å². The maximum atomic E-state index is 12.5. The van der Waals surface area contributed by atoms with Crippen molar-refractivity contribution in [1.82, 2.24) is 9.55 Å². The standard InChI is InChI=1S/C21H19N3O6/c1-13(20(26)23-14-6-7-17-18(10-14)29-9-8-28-17)30-19(25)11-24-12-22-16-5-3-2-4-15(16)21(24)27/h2-7,10,12-13H,8-9,11H2,1H3,(H,23,26)/t13-/m1/s1. The Labute approximate surface area is 171 Å². The van der Waals surface area contributed by atoms with Gasteiger partial charge in [-0.3, -0.25) is 19.0 Å². The van der Waals surface area contributed by atoms with Crippen LogP contribution in [-0.2, 0) is 20.9 Å². The first-order valence-electron chi connectivity index (χ1n) is 9.35. The zero-order valence-corrected chi connectivity index (χ0v) is 16.2. The van der Waals surface area contributed by atoms with E-state index in [-0.39, 0.29) is 12.1 Å². The summed E-state index contributed by atoms with van der Waals surface area (Å²) in [5.74, 6) is -0.0944. The van der Waals surface area contributed by atoms with Crippen molar-refractivity contribution in [2.24, 2.45) is 0 Å². The van der Waals surface area contributed by atoms with Gasteiger partial charge >= 0.3 is 5.97 Å². The van der Waals surface area contributed by atoms with Gasteiger partial charge in [0.05, 0.1) is 17.2 Å². The van der Waals surface area contributed by atoms with Crippen LogP contribution in [0.5, 0.6) is 11.5 Å². The summed E-state index contributed by atoms with van der Waals surface area (Å²) in [4.78, 5) is 41.2. The molecule has 9 nitrogen and oxygen atoms in total. The highest BCUT2D eigenvalue weighted by Crippen LogP contribution is 2.32. The number of aromatic nitrogens is 2. The SMILES string of the molecule is C[C@@H](OC(=O)Cn1cnc2ccccc2c1=O)C(=O)Nc1ccc2c(c1)OCCO2. The van der Waals surface area contributed by atoms with E-state index in [2.05, 4.69) is 10.3 Å². The van der Waals surface area contributed by atoms with E-state index in [1.807, 2.05) is 0 Å². The van der Waals surface area contributed by atoms with E-state index < -0.39 is 18.0 Å². The fraction of sp³-hybridized carbons (Fsp3) is 0.238. The number of benzene rings is 2. The average Bonchev–Trinajstić information content (AvgIpc) is 2.75. The van der Waals surface area contributed by atoms with Crippen LogP contribution in [0.25, 0.3) is 10.9 Å². The Balaban J connectivity index is 1.38. The lowest BCUT2D eigenvalue weighted by molar-refractivity contribution is -0.153. The Morgan fingerprint density at radius 2 is 1.93 bits per heavy atom. The molecule has 9 heteroatoms. The van der Waals surface area contributed by atoms with Gasteiger partial charge in [0, 0.05) is 11.8 Å². The topological polar surface area (TPSA) is 109 Å². The largest absolute Gasteiger partial charge is 0.486 e. The van der Waals surface area contributed by atoms with Crippen molar-refractivity contribution in [3.05, 3.63) is 59.1 Å². The number of para-hydroxylation sites is 1. The van der Waals surface area contributed by atoms with E-state index in [0.717, 1.165) is 4.57 Å². The second kappa shape index (κ2) is 8.24. The Bertz CT molecular complexity index is 1170. The molecule has 3 aromatic rings. The minimum absolute atomic E-state index is 0.349. The van der Waals surface area contributed by atoms with Crippen LogP contribution in [-0.4, -0.2) is 40.7 Å². The highest BCUT2D eigenvalue weighted by molar-refractivity contribution is 5.95. The number of carbonyl (C=O) groups is 2. The van der Waals surface area contributed by atoms with Gasteiger partial charge in [-0.25, -0.2) is 4.98 Å². The molecule has 0 saturated heterocycles. The smallest absolute Gasteiger partial charge is 0.326 e. The van der Waals surface area contributed by atoms with Gasteiger partial charge in [-0.1, -0.05) is 12.1 Å². The Morgan fingerprint density at radius 3 is 2.77 bits per heavy atom. The van der Waals surface area contributed by atoms with Crippen molar-refractivity contribution in [1.29, 1.82) is 0 Å². The second-order valence-corrected chi connectivity index (χ2v) is 6.67. The number of anilines is 1. The van der Waals surface area contributed by atoms with Gasteiger partial charge in [0.15, 0.2) is 17.6 Å². The molecule has 0 fully saturated rings. The molecule has 1 atom stereocenters. The van der Waals surface area contributed by atoms with E-state index >= 15 is 0 Å². The molecule has 30 heavy (non-hydrogen) atoms. The predicted molar refractivity (Wildman–Crippen MR) is 108 cm³/mol. The molecule has 1 N–H and O–H groups in total. The highest BCUT2D eigenvalue weighted by Gasteiger charge is 2.20. The van der Waals surface area contributed by atoms with Crippen LogP contribution in [0.1, 0.15) is 6.92 Å². The summed E-state index contributed by atoms with van der Waals surface area (Å²) in [7, 11) is 0. The summed E-state index contributed by atoms with van der Waals surface area (Å²) in [5.41, 5.74) is 0.673. The van der Waals surface area contributed by atoms with Crippen molar-refractivity contribution in [3.63, 3.8) is 0 Å². The Morgan fingerprint density at radius 1 is 1.17 bits per heavy atom. The molecule has 1 aliphatic heterocycles. The number of hydrogen-bond donors (Lipinski definition) is 1. The van der Waals surface area contributed by atoms with Gasteiger partial charge in [0.1, 0.15) is 19.8 Å². The fourth-order valence-electron chi connectivity index (χ4n) is 3.01. The molecule has 0 aliphatic carbocycles. The number of hydrogen-bond acceptors (Lipinski definition) is 7. The summed E-state index contributed by atoms with van der Waals surface area (Å²) in [6.07, 6.45) is 0.223. The number of ether oxygens (including phenoxy) is 3. The van der Waals surface area contributed by atoms with Gasteiger partial charge in [0.2, 0.25) is 0 Å². The molecule has 1 aliphatic rings. The number of nitrogens with zero attached hydrogens (tertiary/aromatic N) is 2. The number of nitrogens with one attached hydrogen (secondary N) is 1. The molecule has 0 saturated carbocycles. The minimum Gasteiger partial charge on any atom is -0.486 e. The number of esters is 1. The van der Waals surface area contributed by atoms with E-state index in [0.29, 0.717) is 41.3 Å². The summed E-state index contributed by atoms with van der Waals surface area (Å²) in [5, 5.41) is 3.06. The van der Waals surface area contributed by atoms with E-state index in [1.165, 1.54) is 13.3 Å². The van der Waals surface area contributed by atoms with Crippen molar-refractivity contribution < 1.29 is 23.8 Å². The number of carbonyl (C=O) groups excluding carboxylic acids is 2. The third-order valence-electron chi connectivity index (χ3n) is 4.52. The van der Waals surface area contributed by atoms with Crippen LogP contribution < -0.4 is 20.3 Å². The predicted octanol–water partition coefficient (Wildman–Crippen LogP) is 1.74. The van der Waals surface area contributed by atoms with Crippen LogP contribution >= 0.6 is 0 Å². The lowest BCUT2D eigenvalue weighted by atomic mass is 10.2. The normalized spacial score (nSPS) is 13.5. The van der Waals surface area contributed by atoms with Crippen molar-refractivity contribution in [2.45, 2.75) is 19.6 Å². The van der Waals surface area contributed by atoms with Gasteiger partial charge in [-0.05, 0) is 31.2 Å². The maximum absolute atomic E-state index is 12.5. The zero-order chi connectivity index (χ0) is 21.1. The first-order chi connectivity index (χ1) is 14.5. The molecule has 1 aromatic heterocycles. The third-order valence-corrected chi connectivity index (χ3v) is 4.52. The maximum Gasteiger partial charge on any atom is 0.326 e. The molecule has 154 valence electrons. The van der Waals surface area contributed by atoms with Crippen LogP contribution in [0.4, 0.5) is 5.69 Å². The summed E-state index contributed by atoms with van der Waals surface area (Å²) >= 11 is 0. The minimum atomic E-state index is -1.06. The first-order valence-corrected chi connectivity index (χ1v) is 9.35. The number of fused-ring (bicyclic) bond motifs is 2. The Hall–Kier alpha value is -3.88. The molecule has 4 rings (SSSR count). The Kier molecular flexibility index (Phi) is 5.34. The van der Waals surface area contributed by atoms with Crippen LogP contribution in [0.3, 0.4) is 0 Å². The molecule has 0 unspecified atom stereocenters. The van der Waals surface area contributed by atoms with E-state index in [4.69, 9.17) is 14.2 Å². The van der Waals surface area contributed by atoms with Crippen molar-refractivity contribution in [3.8, 4) is 11.5 Å². The second-order valence-electron chi connectivity index (χ2n) is 6.67. The monoisotopic (exact) mass is 409 g/mol.